The predicted molar refractivity (Wildman–Crippen MR) is 104 cm³/mol. The number of aryl methyl sites for hydroxylation is 1. The Hall–Kier alpha value is -2.50. The lowest BCUT2D eigenvalue weighted by molar-refractivity contribution is -0.0102. The van der Waals surface area contributed by atoms with Crippen molar-refractivity contribution in [3.8, 4) is 0 Å². The molecule has 0 radical (unpaired) electrons. The van der Waals surface area contributed by atoms with Crippen molar-refractivity contribution < 1.29 is 22.7 Å². The number of amides is 1. The Balaban J connectivity index is 1.61. The minimum absolute atomic E-state index is 0.156. The average molecular weight is 403 g/mol. The lowest BCUT2D eigenvalue weighted by atomic mass is 9.69. The highest BCUT2D eigenvalue weighted by molar-refractivity contribution is 5.87. The quantitative estimate of drug-likeness (QED) is 0.575. The number of ether oxygens (including phenoxy) is 1. The molecular formula is C23H24F3NO2. The number of carbonyl (C=O) groups is 1. The summed E-state index contributed by atoms with van der Waals surface area (Å²) in [6.45, 7) is 1.55. The van der Waals surface area contributed by atoms with Gasteiger partial charge in [-0.3, -0.25) is 4.90 Å². The van der Waals surface area contributed by atoms with Crippen LogP contribution in [0.1, 0.15) is 43.2 Å². The van der Waals surface area contributed by atoms with Crippen LogP contribution < -0.4 is 4.90 Å². The smallest absolute Gasteiger partial charge is 0.414 e. The molecule has 3 nitrogen and oxygen atoms in total. The van der Waals surface area contributed by atoms with Gasteiger partial charge in [-0.1, -0.05) is 12.1 Å². The summed E-state index contributed by atoms with van der Waals surface area (Å²) >= 11 is 0. The number of halogens is 3. The van der Waals surface area contributed by atoms with Crippen LogP contribution in [0.3, 0.4) is 0 Å². The van der Waals surface area contributed by atoms with Crippen LogP contribution in [0.2, 0.25) is 0 Å². The van der Waals surface area contributed by atoms with E-state index in [-0.39, 0.29) is 18.2 Å². The molecular weight excluding hydrogens is 379 g/mol. The highest BCUT2D eigenvalue weighted by Gasteiger charge is 2.38. The van der Waals surface area contributed by atoms with Gasteiger partial charge in [0, 0.05) is 17.3 Å². The largest absolute Gasteiger partial charge is 0.446 e. The number of anilines is 1. The van der Waals surface area contributed by atoms with E-state index in [1.807, 2.05) is 13.0 Å². The van der Waals surface area contributed by atoms with E-state index >= 15 is 0 Å². The molecule has 2 bridgehead atoms. The summed E-state index contributed by atoms with van der Waals surface area (Å²) in [5, 5.41) is 0. The van der Waals surface area contributed by atoms with Crippen molar-refractivity contribution >= 4 is 11.8 Å². The van der Waals surface area contributed by atoms with E-state index in [9.17, 15) is 18.0 Å². The summed E-state index contributed by atoms with van der Waals surface area (Å²) < 4.78 is 47.4. The summed E-state index contributed by atoms with van der Waals surface area (Å²) in [6.07, 6.45) is 4.53. The molecule has 0 heterocycles. The Morgan fingerprint density at radius 1 is 1.10 bits per heavy atom. The predicted octanol–water partition coefficient (Wildman–Crippen LogP) is 6.13. The molecule has 29 heavy (non-hydrogen) atoms. The van der Waals surface area contributed by atoms with Crippen molar-refractivity contribution in [1.29, 1.82) is 0 Å². The van der Waals surface area contributed by atoms with E-state index in [2.05, 4.69) is 0 Å². The molecule has 0 N–H and O–H groups in total. The third kappa shape index (κ3) is 4.26. The van der Waals surface area contributed by atoms with Crippen LogP contribution in [0, 0.1) is 36.2 Å². The van der Waals surface area contributed by atoms with E-state index in [1.54, 1.807) is 18.2 Å². The van der Waals surface area contributed by atoms with Crippen LogP contribution in [0.25, 0.3) is 0 Å². The summed E-state index contributed by atoms with van der Waals surface area (Å²) in [7, 11) is 0. The first-order valence-corrected chi connectivity index (χ1v) is 10.1. The van der Waals surface area contributed by atoms with Gasteiger partial charge in [0.1, 0.15) is 11.9 Å². The second kappa shape index (κ2) is 8.09. The van der Waals surface area contributed by atoms with Gasteiger partial charge in [0.15, 0.2) is 11.6 Å². The molecule has 1 atom stereocenters. The van der Waals surface area contributed by atoms with Crippen molar-refractivity contribution in [1.82, 2.24) is 0 Å². The first-order chi connectivity index (χ1) is 13.9. The first kappa shape index (κ1) is 19.8. The normalized spacial score (nSPS) is 23.1. The molecule has 2 aromatic rings. The molecule has 5 rings (SSSR count). The Bertz CT molecular complexity index is 909. The zero-order valence-electron chi connectivity index (χ0n) is 16.3. The number of rotatable bonds is 4. The van der Waals surface area contributed by atoms with Crippen LogP contribution in [0.4, 0.5) is 23.7 Å². The van der Waals surface area contributed by atoms with E-state index in [0.29, 0.717) is 23.6 Å². The molecule has 0 aliphatic heterocycles. The molecule has 154 valence electrons. The fourth-order valence-electron chi connectivity index (χ4n) is 4.61. The number of carbonyl (C=O) groups excluding carboxylic acids is 1. The second-order valence-electron chi connectivity index (χ2n) is 8.22. The van der Waals surface area contributed by atoms with Crippen LogP contribution in [-0.2, 0) is 11.3 Å². The summed E-state index contributed by atoms with van der Waals surface area (Å²) in [4.78, 5) is 14.3. The number of nitrogens with zero attached hydrogens (tertiary/aromatic N) is 1. The van der Waals surface area contributed by atoms with Crippen LogP contribution in [-0.4, -0.2) is 12.2 Å². The summed E-state index contributed by atoms with van der Waals surface area (Å²) in [6, 6.07) is 8.52. The molecule has 0 aromatic heterocycles. The molecule has 3 fully saturated rings. The van der Waals surface area contributed by atoms with Crippen molar-refractivity contribution in [2.45, 2.75) is 51.7 Å². The molecule has 1 unspecified atom stereocenters. The van der Waals surface area contributed by atoms with Crippen LogP contribution in [0.15, 0.2) is 36.4 Å². The molecule has 2 aromatic carbocycles. The van der Waals surface area contributed by atoms with E-state index in [1.165, 1.54) is 17.7 Å². The molecule has 0 spiro atoms. The van der Waals surface area contributed by atoms with Gasteiger partial charge in [-0.25, -0.2) is 18.0 Å². The van der Waals surface area contributed by atoms with Gasteiger partial charge in [0.25, 0.3) is 0 Å². The van der Waals surface area contributed by atoms with E-state index in [0.717, 1.165) is 30.9 Å². The zero-order chi connectivity index (χ0) is 20.5. The number of benzene rings is 2. The Morgan fingerprint density at radius 3 is 2.52 bits per heavy atom. The van der Waals surface area contributed by atoms with Crippen molar-refractivity contribution in [3.63, 3.8) is 0 Å². The van der Waals surface area contributed by atoms with E-state index in [4.69, 9.17) is 4.74 Å². The Morgan fingerprint density at radius 2 is 1.86 bits per heavy atom. The van der Waals surface area contributed by atoms with Crippen molar-refractivity contribution in [2.75, 3.05) is 4.90 Å². The summed E-state index contributed by atoms with van der Waals surface area (Å²) in [5.41, 5.74) is 1.18. The van der Waals surface area contributed by atoms with Crippen LogP contribution in [0.5, 0.6) is 0 Å². The fourth-order valence-corrected chi connectivity index (χ4v) is 4.61. The lowest BCUT2D eigenvalue weighted by Gasteiger charge is -2.42. The topological polar surface area (TPSA) is 29.5 Å². The Labute approximate surface area is 168 Å². The summed E-state index contributed by atoms with van der Waals surface area (Å²) in [5.74, 6) is -2.39. The standard InChI is InChI=1S/C23H24F3NO2/c1-14-3-2-4-19(9-14)27(13-17-11-18(24)12-20(25)22(17)26)23(28)29-21-10-15-5-7-16(21)8-6-15/h2-4,9,11-12,15-16,21H,5-8,10,13H2,1H3. The van der Waals surface area contributed by atoms with Gasteiger partial charge >= 0.3 is 6.09 Å². The van der Waals surface area contributed by atoms with Gasteiger partial charge < -0.3 is 4.74 Å². The van der Waals surface area contributed by atoms with Crippen LogP contribution >= 0.6 is 0 Å². The highest BCUT2D eigenvalue weighted by atomic mass is 19.2. The minimum Gasteiger partial charge on any atom is -0.446 e. The fraction of sp³-hybridized carbons (Fsp3) is 0.435. The second-order valence-corrected chi connectivity index (χ2v) is 8.22. The lowest BCUT2D eigenvalue weighted by Crippen LogP contribution is -2.42. The van der Waals surface area contributed by atoms with Gasteiger partial charge in [-0.15, -0.1) is 0 Å². The zero-order valence-corrected chi connectivity index (χ0v) is 16.3. The van der Waals surface area contributed by atoms with E-state index < -0.39 is 23.5 Å². The van der Waals surface area contributed by atoms with Gasteiger partial charge in [-0.05, 0) is 74.6 Å². The minimum atomic E-state index is -1.28. The monoisotopic (exact) mass is 403 g/mol. The Kier molecular flexibility index (Phi) is 5.52. The number of hydrogen-bond acceptors (Lipinski definition) is 2. The third-order valence-electron chi connectivity index (χ3n) is 6.17. The highest BCUT2D eigenvalue weighted by Crippen LogP contribution is 2.43. The molecule has 3 aliphatic carbocycles. The molecule has 3 aliphatic rings. The van der Waals surface area contributed by atoms with Crippen molar-refractivity contribution in [3.05, 3.63) is 65.0 Å². The van der Waals surface area contributed by atoms with Gasteiger partial charge in [-0.2, -0.15) is 0 Å². The average Bonchev–Trinajstić information content (AvgIpc) is 2.70. The number of hydrogen-bond donors (Lipinski definition) is 0. The van der Waals surface area contributed by atoms with Gasteiger partial charge in [0.05, 0.1) is 6.54 Å². The SMILES string of the molecule is Cc1cccc(N(Cc2cc(F)cc(F)c2F)C(=O)OC2CC3CCC2CC3)c1. The van der Waals surface area contributed by atoms with Crippen molar-refractivity contribution in [2.24, 2.45) is 11.8 Å². The third-order valence-corrected chi connectivity index (χ3v) is 6.17. The van der Waals surface area contributed by atoms with Gasteiger partial charge in [0.2, 0.25) is 0 Å². The number of fused-ring (bicyclic) bond motifs is 3. The molecule has 0 saturated heterocycles. The molecule has 1 amide bonds. The maximum Gasteiger partial charge on any atom is 0.414 e. The maximum absolute atomic E-state index is 14.3. The first-order valence-electron chi connectivity index (χ1n) is 10.1. The molecule has 3 saturated carbocycles. The maximum atomic E-state index is 14.3. The molecule has 6 heteroatoms.